The van der Waals surface area contributed by atoms with E-state index in [2.05, 4.69) is 15.9 Å². The van der Waals surface area contributed by atoms with E-state index in [1.165, 1.54) is 0 Å². The summed E-state index contributed by atoms with van der Waals surface area (Å²) in [4.78, 5) is 11.8. The van der Waals surface area contributed by atoms with Gasteiger partial charge in [-0.3, -0.25) is 4.79 Å². The van der Waals surface area contributed by atoms with Gasteiger partial charge in [-0.05, 0) is 33.6 Å². The van der Waals surface area contributed by atoms with Gasteiger partial charge in [0.15, 0.2) is 0 Å². The number of ether oxygens (including phenoxy) is 1. The van der Waals surface area contributed by atoms with E-state index in [4.69, 9.17) is 4.74 Å². The van der Waals surface area contributed by atoms with Crippen molar-refractivity contribution in [1.29, 1.82) is 0 Å². The Labute approximate surface area is 103 Å². The summed E-state index contributed by atoms with van der Waals surface area (Å²) < 4.78 is 30.2. The third-order valence-electron chi connectivity index (χ3n) is 2.54. The molecule has 1 aliphatic carbocycles. The summed E-state index contributed by atoms with van der Waals surface area (Å²) in [6.07, 6.45) is -0.293. The molecule has 0 bridgehead atoms. The molecule has 2 nitrogen and oxygen atoms in total. The molecule has 0 spiro atoms. The molecular formula is C11H17BrF2O2. The Hall–Kier alpha value is -0.190. The Bertz CT molecular complexity index is 274. The van der Waals surface area contributed by atoms with Crippen molar-refractivity contribution >= 4 is 21.9 Å². The van der Waals surface area contributed by atoms with Gasteiger partial charge in [0.25, 0.3) is 0 Å². The van der Waals surface area contributed by atoms with Crippen molar-refractivity contribution in [2.75, 3.05) is 0 Å². The molecule has 0 radical (unpaired) electrons. The first kappa shape index (κ1) is 13.9. The summed E-state index contributed by atoms with van der Waals surface area (Å²) in [5, 5.41) is 0. The molecule has 16 heavy (non-hydrogen) atoms. The summed E-state index contributed by atoms with van der Waals surface area (Å²) in [6, 6.07) is 0. The largest absolute Gasteiger partial charge is 0.459 e. The smallest absolute Gasteiger partial charge is 0.323 e. The fraction of sp³-hybridized carbons (Fsp3) is 0.909. The van der Waals surface area contributed by atoms with E-state index in [0.717, 1.165) is 0 Å². The first-order chi connectivity index (χ1) is 7.04. The van der Waals surface area contributed by atoms with Crippen LogP contribution in [0.4, 0.5) is 8.78 Å². The molecule has 0 N–H and O–H groups in total. The van der Waals surface area contributed by atoms with Crippen molar-refractivity contribution < 1.29 is 18.3 Å². The zero-order chi connectivity index (χ0) is 12.6. The number of halogens is 3. The molecule has 0 aromatic heterocycles. The van der Waals surface area contributed by atoms with Gasteiger partial charge in [0, 0.05) is 12.8 Å². The van der Waals surface area contributed by atoms with Crippen molar-refractivity contribution in [3.05, 3.63) is 0 Å². The highest BCUT2D eigenvalue weighted by Gasteiger charge is 2.47. The monoisotopic (exact) mass is 298 g/mol. The molecule has 0 heterocycles. The molecule has 1 fully saturated rings. The van der Waals surface area contributed by atoms with Gasteiger partial charge in [0.05, 0.1) is 0 Å². The zero-order valence-electron chi connectivity index (χ0n) is 9.78. The summed E-state index contributed by atoms with van der Waals surface area (Å²) in [5.74, 6) is -3.07. The van der Waals surface area contributed by atoms with Crippen molar-refractivity contribution in [3.63, 3.8) is 0 Å². The lowest BCUT2D eigenvalue weighted by Crippen LogP contribution is -2.43. The number of carbonyl (C=O) groups excluding carboxylic acids is 1. The average molecular weight is 299 g/mol. The van der Waals surface area contributed by atoms with E-state index >= 15 is 0 Å². The number of carbonyl (C=O) groups is 1. The summed E-state index contributed by atoms with van der Waals surface area (Å²) >= 11 is 3.26. The number of rotatable bonds is 1. The van der Waals surface area contributed by atoms with E-state index in [1.54, 1.807) is 20.8 Å². The Kier molecular flexibility index (Phi) is 3.68. The van der Waals surface area contributed by atoms with Gasteiger partial charge < -0.3 is 4.74 Å². The van der Waals surface area contributed by atoms with E-state index in [1.807, 2.05) is 0 Å². The van der Waals surface area contributed by atoms with Crippen LogP contribution in [0.3, 0.4) is 0 Å². The van der Waals surface area contributed by atoms with Gasteiger partial charge in [0.2, 0.25) is 5.92 Å². The fourth-order valence-electron chi connectivity index (χ4n) is 1.59. The molecule has 0 aliphatic heterocycles. The highest BCUT2D eigenvalue weighted by molar-refractivity contribution is 9.10. The second-order valence-electron chi connectivity index (χ2n) is 5.32. The molecule has 1 rings (SSSR count). The van der Waals surface area contributed by atoms with Crippen LogP contribution >= 0.6 is 15.9 Å². The molecule has 94 valence electrons. The average Bonchev–Trinajstić information content (AvgIpc) is 2.08. The Morgan fingerprint density at radius 2 is 1.62 bits per heavy atom. The molecule has 5 heteroatoms. The molecule has 0 saturated heterocycles. The zero-order valence-corrected chi connectivity index (χ0v) is 11.4. The van der Waals surface area contributed by atoms with Crippen LogP contribution in [0.25, 0.3) is 0 Å². The lowest BCUT2D eigenvalue weighted by atomic mass is 9.86. The minimum Gasteiger partial charge on any atom is -0.459 e. The van der Waals surface area contributed by atoms with Crippen LogP contribution in [0, 0.1) is 0 Å². The minimum atomic E-state index is -2.64. The molecule has 0 unspecified atom stereocenters. The van der Waals surface area contributed by atoms with Gasteiger partial charge in [0.1, 0.15) is 9.93 Å². The maximum atomic E-state index is 13.0. The van der Waals surface area contributed by atoms with E-state index in [9.17, 15) is 13.6 Å². The van der Waals surface area contributed by atoms with Crippen molar-refractivity contribution in [2.45, 2.75) is 62.3 Å². The van der Waals surface area contributed by atoms with Crippen LogP contribution in [0.5, 0.6) is 0 Å². The maximum Gasteiger partial charge on any atom is 0.323 e. The number of alkyl halides is 3. The van der Waals surface area contributed by atoms with Crippen molar-refractivity contribution in [2.24, 2.45) is 0 Å². The summed E-state index contributed by atoms with van der Waals surface area (Å²) in [6.45, 7) is 5.29. The Balaban J connectivity index is 2.63. The molecule has 0 aromatic carbocycles. The summed E-state index contributed by atoms with van der Waals surface area (Å²) in [5.41, 5.74) is -0.585. The topological polar surface area (TPSA) is 26.3 Å². The van der Waals surface area contributed by atoms with E-state index in [-0.39, 0.29) is 25.7 Å². The minimum absolute atomic E-state index is 0.120. The summed E-state index contributed by atoms with van der Waals surface area (Å²) in [7, 11) is 0. The fourth-order valence-corrected chi connectivity index (χ4v) is 2.06. The van der Waals surface area contributed by atoms with Crippen molar-refractivity contribution in [3.8, 4) is 0 Å². The lowest BCUT2D eigenvalue weighted by molar-refractivity contribution is -0.160. The highest BCUT2D eigenvalue weighted by atomic mass is 79.9. The van der Waals surface area contributed by atoms with Crippen molar-refractivity contribution in [1.82, 2.24) is 0 Å². The Morgan fingerprint density at radius 3 is 2.00 bits per heavy atom. The molecular weight excluding hydrogens is 282 g/mol. The Morgan fingerprint density at radius 1 is 1.19 bits per heavy atom. The molecule has 0 aromatic rings. The molecule has 0 atom stereocenters. The number of esters is 1. The van der Waals surface area contributed by atoms with Crippen LogP contribution < -0.4 is 0 Å². The third-order valence-corrected chi connectivity index (χ3v) is 3.66. The van der Waals surface area contributed by atoms with Crippen LogP contribution in [0.1, 0.15) is 46.5 Å². The third kappa shape index (κ3) is 3.68. The van der Waals surface area contributed by atoms with Gasteiger partial charge in [-0.25, -0.2) is 8.78 Å². The van der Waals surface area contributed by atoms with Gasteiger partial charge in [-0.1, -0.05) is 15.9 Å². The van der Waals surface area contributed by atoms with Crippen LogP contribution in [0.2, 0.25) is 0 Å². The number of hydrogen-bond donors (Lipinski definition) is 0. The van der Waals surface area contributed by atoms with Gasteiger partial charge >= 0.3 is 5.97 Å². The second kappa shape index (κ2) is 4.24. The van der Waals surface area contributed by atoms with E-state index < -0.39 is 21.8 Å². The second-order valence-corrected chi connectivity index (χ2v) is 6.84. The first-order valence-corrected chi connectivity index (χ1v) is 6.14. The maximum absolute atomic E-state index is 13.0. The van der Waals surface area contributed by atoms with E-state index in [0.29, 0.717) is 0 Å². The van der Waals surface area contributed by atoms with Gasteiger partial charge in [-0.15, -0.1) is 0 Å². The predicted octanol–water partition coefficient (Wildman–Crippen LogP) is 3.67. The predicted molar refractivity (Wildman–Crippen MR) is 60.9 cm³/mol. The van der Waals surface area contributed by atoms with Gasteiger partial charge in [-0.2, -0.15) is 0 Å². The highest BCUT2D eigenvalue weighted by Crippen LogP contribution is 2.44. The molecule has 1 aliphatic rings. The normalized spacial score (nSPS) is 23.9. The molecule has 1 saturated carbocycles. The first-order valence-electron chi connectivity index (χ1n) is 5.34. The number of hydrogen-bond acceptors (Lipinski definition) is 2. The molecule has 0 amide bonds. The van der Waals surface area contributed by atoms with Crippen LogP contribution in [-0.2, 0) is 9.53 Å². The SMILES string of the molecule is CC(C)(C)OC(=O)C1(Br)CCC(F)(F)CC1. The quantitative estimate of drug-likeness (QED) is 0.545. The van der Waals surface area contributed by atoms with Crippen LogP contribution in [-0.4, -0.2) is 21.8 Å². The standard InChI is InChI=1S/C11H17BrF2O2/c1-9(2,3)16-8(15)10(12)4-6-11(13,14)7-5-10/h4-7H2,1-3H3. The lowest BCUT2D eigenvalue weighted by Gasteiger charge is -2.35. The van der Waals surface area contributed by atoms with Crippen LogP contribution in [0.15, 0.2) is 0 Å².